The molecule has 1 aliphatic rings. The van der Waals surface area contributed by atoms with Crippen LogP contribution in [0.2, 0.25) is 0 Å². The summed E-state index contributed by atoms with van der Waals surface area (Å²) in [6.45, 7) is 3.78. The van der Waals surface area contributed by atoms with Gasteiger partial charge < -0.3 is 0 Å². The molecule has 1 aliphatic carbocycles. The molecule has 1 nitrogen and oxygen atoms in total. The zero-order chi connectivity index (χ0) is 19.2. The summed E-state index contributed by atoms with van der Waals surface area (Å²) < 4.78 is 27.4. The van der Waals surface area contributed by atoms with Crippen molar-refractivity contribution in [2.45, 2.75) is 50.9 Å². The van der Waals surface area contributed by atoms with Gasteiger partial charge in [0.1, 0.15) is 23.3 Å². The molecule has 1 fully saturated rings. The van der Waals surface area contributed by atoms with Gasteiger partial charge in [0.05, 0.1) is 0 Å². The molecule has 1 saturated carbocycles. The van der Waals surface area contributed by atoms with Crippen LogP contribution in [0.3, 0.4) is 0 Å². The van der Waals surface area contributed by atoms with E-state index in [0.717, 1.165) is 25.7 Å². The zero-order valence-electron chi connectivity index (χ0n) is 15.6. The van der Waals surface area contributed by atoms with Gasteiger partial charge in [-0.15, -0.1) is 6.58 Å². The maximum atomic E-state index is 13.7. The summed E-state index contributed by atoms with van der Waals surface area (Å²) in [6, 6.07) is 13.0. The highest BCUT2D eigenvalue weighted by molar-refractivity contribution is 5.35. The van der Waals surface area contributed by atoms with Crippen LogP contribution in [0.5, 0.6) is 0 Å². The SMILES string of the molecule is C=CCc1ccc(C2CCC(CCc3cc(F)c(C#N)c(F)c3)CC2)cc1. The molecule has 140 valence electrons. The van der Waals surface area contributed by atoms with Crippen molar-refractivity contribution in [2.24, 2.45) is 5.92 Å². The molecule has 0 atom stereocenters. The van der Waals surface area contributed by atoms with E-state index in [1.54, 1.807) is 6.07 Å². The molecule has 0 bridgehead atoms. The maximum Gasteiger partial charge on any atom is 0.144 e. The summed E-state index contributed by atoms with van der Waals surface area (Å²) in [5, 5.41) is 8.75. The fourth-order valence-electron chi connectivity index (χ4n) is 4.12. The van der Waals surface area contributed by atoms with E-state index in [1.807, 2.05) is 6.08 Å². The summed E-state index contributed by atoms with van der Waals surface area (Å²) in [7, 11) is 0. The van der Waals surface area contributed by atoms with Crippen molar-refractivity contribution in [2.75, 3.05) is 0 Å². The number of rotatable bonds is 6. The van der Waals surface area contributed by atoms with Gasteiger partial charge in [0, 0.05) is 0 Å². The molecule has 3 rings (SSSR count). The van der Waals surface area contributed by atoms with Gasteiger partial charge in [-0.25, -0.2) is 8.78 Å². The monoisotopic (exact) mass is 365 g/mol. The second kappa shape index (κ2) is 8.95. The molecule has 2 aromatic rings. The summed E-state index contributed by atoms with van der Waals surface area (Å²) in [4.78, 5) is 0. The predicted molar refractivity (Wildman–Crippen MR) is 104 cm³/mol. The third-order valence-corrected chi connectivity index (χ3v) is 5.73. The van der Waals surface area contributed by atoms with Gasteiger partial charge in [0.2, 0.25) is 0 Å². The van der Waals surface area contributed by atoms with E-state index in [0.29, 0.717) is 23.8 Å². The number of allylic oxidation sites excluding steroid dienone is 1. The van der Waals surface area contributed by atoms with E-state index in [4.69, 9.17) is 5.26 Å². The summed E-state index contributed by atoms with van der Waals surface area (Å²) >= 11 is 0. The second-order valence-electron chi connectivity index (χ2n) is 7.54. The van der Waals surface area contributed by atoms with Crippen molar-refractivity contribution in [1.29, 1.82) is 5.26 Å². The topological polar surface area (TPSA) is 23.8 Å². The number of nitrogens with zero attached hydrogens (tertiary/aromatic N) is 1. The third kappa shape index (κ3) is 4.83. The highest BCUT2D eigenvalue weighted by Gasteiger charge is 2.22. The fourth-order valence-corrected chi connectivity index (χ4v) is 4.12. The average molecular weight is 365 g/mol. The van der Waals surface area contributed by atoms with Gasteiger partial charge >= 0.3 is 0 Å². The molecular weight excluding hydrogens is 340 g/mol. The quantitative estimate of drug-likeness (QED) is 0.538. The first-order chi connectivity index (χ1) is 13.1. The molecule has 0 amide bonds. The molecule has 0 unspecified atom stereocenters. The number of hydrogen-bond acceptors (Lipinski definition) is 1. The highest BCUT2D eigenvalue weighted by atomic mass is 19.1. The Labute approximate surface area is 160 Å². The summed E-state index contributed by atoms with van der Waals surface area (Å²) in [5.41, 5.74) is 2.86. The Morgan fingerprint density at radius 3 is 2.19 bits per heavy atom. The molecule has 0 radical (unpaired) electrons. The van der Waals surface area contributed by atoms with Gasteiger partial charge in [-0.3, -0.25) is 0 Å². The van der Waals surface area contributed by atoms with Gasteiger partial charge in [0.25, 0.3) is 0 Å². The van der Waals surface area contributed by atoms with Crippen LogP contribution in [0, 0.1) is 28.9 Å². The third-order valence-electron chi connectivity index (χ3n) is 5.73. The van der Waals surface area contributed by atoms with E-state index < -0.39 is 17.2 Å². The Bertz CT molecular complexity index is 801. The maximum absolute atomic E-state index is 13.7. The minimum absolute atomic E-state index is 0.488. The molecule has 0 heterocycles. The largest absolute Gasteiger partial charge is 0.205 e. The summed E-state index contributed by atoms with van der Waals surface area (Å²) in [5.74, 6) is -0.292. The minimum Gasteiger partial charge on any atom is -0.205 e. The number of halogens is 2. The van der Waals surface area contributed by atoms with Crippen LogP contribution in [0.4, 0.5) is 8.78 Å². The van der Waals surface area contributed by atoms with Gasteiger partial charge in [-0.1, -0.05) is 30.3 Å². The van der Waals surface area contributed by atoms with E-state index >= 15 is 0 Å². The molecule has 0 N–H and O–H groups in total. The van der Waals surface area contributed by atoms with E-state index in [2.05, 4.69) is 30.8 Å². The molecule has 0 saturated heterocycles. The van der Waals surface area contributed by atoms with Gasteiger partial charge in [0.15, 0.2) is 0 Å². The Hall–Kier alpha value is -2.47. The first-order valence-electron chi connectivity index (χ1n) is 9.68. The lowest BCUT2D eigenvalue weighted by Gasteiger charge is -2.29. The standard InChI is InChI=1S/C24H25F2N/c1-2-3-17-6-10-20(11-7-17)21-12-8-18(9-13-21)4-5-19-14-23(25)22(16-27)24(26)15-19/h2,6-7,10-11,14-15,18,21H,1,3-5,8-9,12-13H2. The first kappa shape index (κ1) is 19.3. The molecule has 3 heteroatoms. The molecule has 2 aromatic carbocycles. The van der Waals surface area contributed by atoms with Crippen LogP contribution in [-0.4, -0.2) is 0 Å². The van der Waals surface area contributed by atoms with Gasteiger partial charge in [-0.2, -0.15) is 5.26 Å². The van der Waals surface area contributed by atoms with Crippen molar-refractivity contribution >= 4 is 0 Å². The average Bonchev–Trinajstić information content (AvgIpc) is 2.67. The lowest BCUT2D eigenvalue weighted by molar-refractivity contribution is 0.310. The lowest BCUT2D eigenvalue weighted by Crippen LogP contribution is -2.14. The lowest BCUT2D eigenvalue weighted by atomic mass is 9.77. The van der Waals surface area contributed by atoms with E-state index in [1.165, 1.54) is 36.1 Å². The number of hydrogen-bond donors (Lipinski definition) is 0. The number of nitriles is 1. The molecule has 0 aliphatic heterocycles. The van der Waals surface area contributed by atoms with Crippen LogP contribution in [0.15, 0.2) is 49.1 Å². The van der Waals surface area contributed by atoms with E-state index in [-0.39, 0.29) is 0 Å². The van der Waals surface area contributed by atoms with Crippen molar-refractivity contribution in [3.05, 3.63) is 82.9 Å². The Morgan fingerprint density at radius 2 is 1.63 bits per heavy atom. The summed E-state index contributed by atoms with van der Waals surface area (Å²) in [6.07, 6.45) is 9.07. The Morgan fingerprint density at radius 1 is 1.00 bits per heavy atom. The van der Waals surface area contributed by atoms with Crippen molar-refractivity contribution in [3.8, 4) is 6.07 Å². The fraction of sp³-hybridized carbons (Fsp3) is 0.375. The van der Waals surface area contributed by atoms with Crippen molar-refractivity contribution in [1.82, 2.24) is 0 Å². The Kier molecular flexibility index (Phi) is 6.40. The van der Waals surface area contributed by atoms with Crippen LogP contribution >= 0.6 is 0 Å². The van der Waals surface area contributed by atoms with E-state index in [9.17, 15) is 8.78 Å². The molecular formula is C24H25F2N. The van der Waals surface area contributed by atoms with Crippen molar-refractivity contribution < 1.29 is 8.78 Å². The van der Waals surface area contributed by atoms with Crippen LogP contribution in [0.1, 0.15) is 60.3 Å². The Balaban J connectivity index is 1.51. The van der Waals surface area contributed by atoms with Crippen LogP contribution in [0.25, 0.3) is 0 Å². The minimum atomic E-state index is -0.754. The van der Waals surface area contributed by atoms with Gasteiger partial charge in [-0.05, 0) is 85.6 Å². The predicted octanol–water partition coefficient (Wildman–Crippen LogP) is 6.47. The molecule has 0 spiro atoms. The first-order valence-corrected chi connectivity index (χ1v) is 9.68. The molecule has 27 heavy (non-hydrogen) atoms. The normalized spacial score (nSPS) is 19.4. The number of aryl methyl sites for hydroxylation is 1. The smallest absolute Gasteiger partial charge is 0.144 e. The molecule has 0 aromatic heterocycles. The number of benzene rings is 2. The van der Waals surface area contributed by atoms with Crippen molar-refractivity contribution in [3.63, 3.8) is 0 Å². The van der Waals surface area contributed by atoms with Crippen LogP contribution in [-0.2, 0) is 12.8 Å². The zero-order valence-corrected chi connectivity index (χ0v) is 15.6. The van der Waals surface area contributed by atoms with Crippen LogP contribution < -0.4 is 0 Å². The highest BCUT2D eigenvalue weighted by Crippen LogP contribution is 2.37. The second-order valence-corrected chi connectivity index (χ2v) is 7.54.